The second-order valence-corrected chi connectivity index (χ2v) is 8.38. The number of benzene rings is 2. The maximum Gasteiger partial charge on any atom is 0.176 e. The van der Waals surface area contributed by atoms with E-state index in [1.165, 1.54) is 12.4 Å². The predicted octanol–water partition coefficient (Wildman–Crippen LogP) is 4.45. The summed E-state index contributed by atoms with van der Waals surface area (Å²) >= 11 is 5.23. The molecule has 4 rings (SSSR count). The van der Waals surface area contributed by atoms with Gasteiger partial charge in [0.05, 0.1) is 19.2 Å². The molecule has 7 nitrogen and oxygen atoms in total. The number of nitrogens with one attached hydrogen (secondary N) is 2. The Morgan fingerprint density at radius 2 is 1.85 bits per heavy atom. The Bertz CT molecular complexity index is 1130. The van der Waals surface area contributed by atoms with Gasteiger partial charge in [-0.25, -0.2) is 18.7 Å². The van der Waals surface area contributed by atoms with Crippen LogP contribution >= 0.6 is 12.2 Å². The molecule has 2 aromatic carbocycles. The number of fused-ring (bicyclic) bond motifs is 1. The van der Waals surface area contributed by atoms with E-state index in [1.54, 1.807) is 19.2 Å². The minimum Gasteiger partial charge on any atom is -0.493 e. The van der Waals surface area contributed by atoms with Crippen LogP contribution in [0.15, 0.2) is 36.7 Å². The Morgan fingerprint density at radius 1 is 1.12 bits per heavy atom. The average Bonchev–Trinajstić information content (AvgIpc) is 2.81. The number of rotatable bonds is 6. The Balaban J connectivity index is 1.52. The second kappa shape index (κ2) is 10.2. The standard InChI is InChI=1S/C23H25F2N5O2S/c1-30-8-6-14(7-9-30)12-32-20-11-18-15(10-19(20)31-2)22(27-13-26-18)29-23(33)28-21-16(24)4-3-5-17(21)25/h3-5,10-11,13-14H,6-9,12H2,1-2H3,(H2,26,27,28,29,33). The first-order chi connectivity index (χ1) is 15.9. The van der Waals surface area contributed by atoms with Gasteiger partial charge in [0.25, 0.3) is 0 Å². The number of likely N-dealkylation sites (tertiary alicyclic amines) is 1. The summed E-state index contributed by atoms with van der Waals surface area (Å²) in [5.74, 6) is 0.496. The fraction of sp³-hybridized carbons (Fsp3) is 0.348. The third-order valence-electron chi connectivity index (χ3n) is 5.67. The monoisotopic (exact) mass is 473 g/mol. The molecule has 10 heteroatoms. The summed E-state index contributed by atoms with van der Waals surface area (Å²) in [6.07, 6.45) is 3.57. The highest BCUT2D eigenvalue weighted by molar-refractivity contribution is 7.80. The Kier molecular flexibility index (Phi) is 7.14. The lowest BCUT2D eigenvalue weighted by Gasteiger charge is -2.28. The molecule has 0 saturated carbocycles. The minimum atomic E-state index is -0.750. The van der Waals surface area contributed by atoms with E-state index >= 15 is 0 Å². The zero-order valence-electron chi connectivity index (χ0n) is 18.4. The number of halogens is 2. The maximum absolute atomic E-state index is 13.9. The molecule has 1 aliphatic rings. The third-order valence-corrected chi connectivity index (χ3v) is 5.87. The van der Waals surface area contributed by atoms with Crippen molar-refractivity contribution < 1.29 is 18.3 Å². The van der Waals surface area contributed by atoms with Gasteiger partial charge in [0.15, 0.2) is 16.6 Å². The lowest BCUT2D eigenvalue weighted by atomic mass is 9.98. The number of piperidine rings is 1. The Labute approximate surface area is 196 Å². The van der Waals surface area contributed by atoms with Crippen LogP contribution in [0.5, 0.6) is 11.5 Å². The summed E-state index contributed by atoms with van der Waals surface area (Å²) in [5, 5.41) is 6.03. The van der Waals surface area contributed by atoms with Gasteiger partial charge in [-0.05, 0) is 69.3 Å². The first-order valence-corrected chi connectivity index (χ1v) is 11.0. The number of ether oxygens (including phenoxy) is 2. The molecule has 0 radical (unpaired) electrons. The molecule has 1 fully saturated rings. The van der Waals surface area contributed by atoms with E-state index in [9.17, 15) is 8.78 Å². The van der Waals surface area contributed by atoms with Crippen molar-refractivity contribution in [3.63, 3.8) is 0 Å². The lowest BCUT2D eigenvalue weighted by molar-refractivity contribution is 0.157. The molecule has 1 aromatic heterocycles. The molecule has 2 N–H and O–H groups in total. The van der Waals surface area contributed by atoms with Crippen molar-refractivity contribution in [1.82, 2.24) is 14.9 Å². The van der Waals surface area contributed by atoms with Crippen LogP contribution in [-0.4, -0.2) is 53.8 Å². The number of hydrogen-bond acceptors (Lipinski definition) is 6. The molecule has 1 saturated heterocycles. The number of aromatic nitrogens is 2. The fourth-order valence-corrected chi connectivity index (χ4v) is 3.94. The molecule has 0 aliphatic carbocycles. The van der Waals surface area contributed by atoms with E-state index < -0.39 is 11.6 Å². The number of methoxy groups -OCH3 is 1. The molecular formula is C23H25F2N5O2S. The molecular weight excluding hydrogens is 448 g/mol. The number of para-hydroxylation sites is 1. The van der Waals surface area contributed by atoms with Gasteiger partial charge in [-0.2, -0.15) is 0 Å². The van der Waals surface area contributed by atoms with Crippen LogP contribution in [0.2, 0.25) is 0 Å². The van der Waals surface area contributed by atoms with Crippen molar-refractivity contribution in [1.29, 1.82) is 0 Å². The van der Waals surface area contributed by atoms with E-state index in [0.29, 0.717) is 40.7 Å². The summed E-state index contributed by atoms with van der Waals surface area (Å²) < 4.78 is 39.5. The van der Waals surface area contributed by atoms with Crippen molar-refractivity contribution in [3.05, 3.63) is 48.3 Å². The summed E-state index contributed by atoms with van der Waals surface area (Å²) in [6.45, 7) is 2.74. The highest BCUT2D eigenvalue weighted by Gasteiger charge is 2.19. The van der Waals surface area contributed by atoms with Crippen LogP contribution in [0.1, 0.15) is 12.8 Å². The van der Waals surface area contributed by atoms with Gasteiger partial charge in [-0.15, -0.1) is 0 Å². The van der Waals surface area contributed by atoms with Crippen LogP contribution in [0.3, 0.4) is 0 Å². The van der Waals surface area contributed by atoms with Crippen molar-refractivity contribution in [3.8, 4) is 11.5 Å². The van der Waals surface area contributed by atoms with Crippen molar-refractivity contribution in [2.24, 2.45) is 5.92 Å². The number of hydrogen-bond donors (Lipinski definition) is 2. The first-order valence-electron chi connectivity index (χ1n) is 10.6. The molecule has 0 spiro atoms. The van der Waals surface area contributed by atoms with Crippen molar-refractivity contribution >= 4 is 39.7 Å². The van der Waals surface area contributed by atoms with E-state index in [2.05, 4.69) is 32.5 Å². The van der Waals surface area contributed by atoms with E-state index in [-0.39, 0.29) is 10.8 Å². The summed E-state index contributed by atoms with van der Waals surface area (Å²) in [4.78, 5) is 10.9. The van der Waals surface area contributed by atoms with Gasteiger partial charge in [0, 0.05) is 11.5 Å². The molecule has 2 heterocycles. The molecule has 0 bridgehead atoms. The Hall–Kier alpha value is -3.11. The van der Waals surface area contributed by atoms with Gasteiger partial charge >= 0.3 is 0 Å². The largest absolute Gasteiger partial charge is 0.493 e. The third kappa shape index (κ3) is 5.45. The molecule has 33 heavy (non-hydrogen) atoms. The molecule has 174 valence electrons. The van der Waals surface area contributed by atoms with Crippen LogP contribution in [0, 0.1) is 17.6 Å². The highest BCUT2D eigenvalue weighted by Crippen LogP contribution is 2.34. The summed E-state index contributed by atoms with van der Waals surface area (Å²) in [7, 11) is 3.69. The summed E-state index contributed by atoms with van der Waals surface area (Å²) in [6, 6.07) is 7.12. The highest BCUT2D eigenvalue weighted by atomic mass is 32.1. The Morgan fingerprint density at radius 3 is 2.55 bits per heavy atom. The fourth-order valence-electron chi connectivity index (χ4n) is 3.74. The van der Waals surface area contributed by atoms with Gasteiger partial charge < -0.3 is 25.0 Å². The molecule has 0 unspecified atom stereocenters. The second-order valence-electron chi connectivity index (χ2n) is 7.98. The zero-order chi connectivity index (χ0) is 23.4. The average molecular weight is 474 g/mol. The maximum atomic E-state index is 13.9. The smallest absolute Gasteiger partial charge is 0.176 e. The number of anilines is 2. The quantitative estimate of drug-likeness (QED) is 0.509. The van der Waals surface area contributed by atoms with Crippen LogP contribution in [-0.2, 0) is 0 Å². The van der Waals surface area contributed by atoms with Crippen LogP contribution < -0.4 is 20.1 Å². The molecule has 0 amide bonds. The predicted molar refractivity (Wildman–Crippen MR) is 128 cm³/mol. The van der Waals surface area contributed by atoms with Gasteiger partial charge in [-0.1, -0.05) is 6.07 Å². The first kappa shape index (κ1) is 23.1. The lowest BCUT2D eigenvalue weighted by Crippen LogP contribution is -2.32. The van der Waals surface area contributed by atoms with Gasteiger partial charge in [0.2, 0.25) is 0 Å². The summed E-state index contributed by atoms with van der Waals surface area (Å²) in [5.41, 5.74) is 0.280. The molecule has 3 aromatic rings. The SMILES string of the molecule is COc1cc2c(NC(=S)Nc3c(F)cccc3F)ncnc2cc1OCC1CCN(C)CC1. The van der Waals surface area contributed by atoms with Crippen molar-refractivity contribution in [2.45, 2.75) is 12.8 Å². The molecule has 0 atom stereocenters. The van der Waals surface area contributed by atoms with Crippen LogP contribution in [0.25, 0.3) is 10.9 Å². The van der Waals surface area contributed by atoms with Crippen molar-refractivity contribution in [2.75, 3.05) is 44.5 Å². The normalized spacial score (nSPS) is 14.8. The topological polar surface area (TPSA) is 71.5 Å². The number of thiocarbonyl (C=S) groups is 1. The van der Waals surface area contributed by atoms with E-state index in [4.69, 9.17) is 21.7 Å². The molecule has 1 aliphatic heterocycles. The van der Waals surface area contributed by atoms with E-state index in [1.807, 2.05) is 0 Å². The zero-order valence-corrected chi connectivity index (χ0v) is 19.2. The minimum absolute atomic E-state index is 0.0134. The van der Waals surface area contributed by atoms with Crippen LogP contribution in [0.4, 0.5) is 20.3 Å². The van der Waals surface area contributed by atoms with Gasteiger partial charge in [-0.3, -0.25) is 0 Å². The van der Waals surface area contributed by atoms with Gasteiger partial charge in [0.1, 0.15) is 29.5 Å². The number of nitrogens with zero attached hydrogens (tertiary/aromatic N) is 3. The van der Waals surface area contributed by atoms with E-state index in [0.717, 1.165) is 38.1 Å².